The Kier molecular flexibility index (Phi) is 6.91. The number of H-pyrrole nitrogens is 1. The van der Waals surface area contributed by atoms with Crippen LogP contribution >= 0.6 is 11.6 Å². The second kappa shape index (κ2) is 9.23. The number of aromatic nitrogens is 1. The summed E-state index contributed by atoms with van der Waals surface area (Å²) < 4.78 is 40.2. The molecule has 1 heterocycles. The van der Waals surface area contributed by atoms with Crippen molar-refractivity contribution in [2.24, 2.45) is 5.73 Å². The van der Waals surface area contributed by atoms with Crippen molar-refractivity contribution < 1.29 is 13.2 Å². The molecule has 0 radical (unpaired) electrons. The standard InChI is InChI=1S/C23H26ClF3N2/c1-2-3-7-15-8-6-10-18-17(9-4-5-13-28)22(29-21(15)18)16-11-12-20(24)19(14-16)23(25,26)27/h6,8,10-12,14,29H,2-5,7,9,13,28H2,1H3. The summed E-state index contributed by atoms with van der Waals surface area (Å²) in [7, 11) is 0. The topological polar surface area (TPSA) is 41.8 Å². The van der Waals surface area contributed by atoms with Gasteiger partial charge in [-0.15, -0.1) is 0 Å². The van der Waals surface area contributed by atoms with Crippen LogP contribution in [0.15, 0.2) is 36.4 Å². The number of aryl methyl sites for hydroxylation is 2. The first-order valence-corrected chi connectivity index (χ1v) is 10.4. The SMILES string of the molecule is CCCCc1cccc2c(CCCCN)c(-c3ccc(Cl)c(C(F)(F)F)c3)[nH]c12. The fourth-order valence-electron chi connectivity index (χ4n) is 3.76. The number of para-hydroxylation sites is 1. The third-order valence-corrected chi connectivity index (χ3v) is 5.60. The van der Waals surface area contributed by atoms with E-state index in [0.29, 0.717) is 12.1 Å². The van der Waals surface area contributed by atoms with Crippen molar-refractivity contribution in [3.63, 3.8) is 0 Å². The third kappa shape index (κ3) is 4.78. The quantitative estimate of drug-likeness (QED) is 0.372. The number of hydrogen-bond acceptors (Lipinski definition) is 1. The first kappa shape index (κ1) is 21.7. The van der Waals surface area contributed by atoms with Crippen LogP contribution in [0.2, 0.25) is 5.02 Å². The van der Waals surface area contributed by atoms with Crippen LogP contribution in [0.1, 0.15) is 49.3 Å². The molecule has 3 N–H and O–H groups in total. The van der Waals surface area contributed by atoms with Gasteiger partial charge in [-0.2, -0.15) is 13.2 Å². The van der Waals surface area contributed by atoms with Crippen molar-refractivity contribution in [2.75, 3.05) is 6.54 Å². The number of nitrogens with two attached hydrogens (primary N) is 1. The average molecular weight is 423 g/mol. The molecule has 0 bridgehead atoms. The van der Waals surface area contributed by atoms with E-state index in [-0.39, 0.29) is 5.02 Å². The lowest BCUT2D eigenvalue weighted by molar-refractivity contribution is -0.137. The molecular weight excluding hydrogens is 397 g/mol. The van der Waals surface area contributed by atoms with Crippen LogP contribution in [0, 0.1) is 0 Å². The number of benzene rings is 2. The Hall–Kier alpha value is -1.98. The van der Waals surface area contributed by atoms with Gasteiger partial charge in [0, 0.05) is 16.6 Å². The van der Waals surface area contributed by atoms with Gasteiger partial charge in [0.2, 0.25) is 0 Å². The molecule has 0 aliphatic heterocycles. The number of unbranched alkanes of at least 4 members (excludes halogenated alkanes) is 2. The normalized spacial score (nSPS) is 12.1. The minimum atomic E-state index is -4.49. The van der Waals surface area contributed by atoms with Crippen molar-refractivity contribution in [1.82, 2.24) is 4.98 Å². The number of rotatable bonds is 8. The van der Waals surface area contributed by atoms with E-state index >= 15 is 0 Å². The van der Waals surface area contributed by atoms with E-state index in [0.717, 1.165) is 66.8 Å². The van der Waals surface area contributed by atoms with Crippen molar-refractivity contribution in [1.29, 1.82) is 0 Å². The minimum absolute atomic E-state index is 0.286. The molecule has 0 aliphatic rings. The predicted octanol–water partition coefficient (Wildman–Crippen LogP) is 7.13. The molecular formula is C23H26ClF3N2. The summed E-state index contributed by atoms with van der Waals surface area (Å²) in [6.45, 7) is 2.74. The maximum absolute atomic E-state index is 13.4. The van der Waals surface area contributed by atoms with E-state index in [1.54, 1.807) is 6.07 Å². The summed E-state index contributed by atoms with van der Waals surface area (Å²) in [4.78, 5) is 3.44. The average Bonchev–Trinajstić information content (AvgIpc) is 3.05. The first-order valence-electron chi connectivity index (χ1n) is 10.1. The molecule has 3 rings (SSSR count). The molecule has 0 amide bonds. The number of hydrogen-bond donors (Lipinski definition) is 2. The first-order chi connectivity index (χ1) is 13.9. The Morgan fingerprint density at radius 3 is 2.52 bits per heavy atom. The minimum Gasteiger partial charge on any atom is -0.354 e. The summed E-state index contributed by atoms with van der Waals surface area (Å²) in [6.07, 6.45) is 1.10. The van der Waals surface area contributed by atoms with Crippen LogP contribution < -0.4 is 5.73 Å². The molecule has 0 fully saturated rings. The van der Waals surface area contributed by atoms with Gasteiger partial charge >= 0.3 is 6.18 Å². The molecule has 1 aromatic heterocycles. The zero-order chi connectivity index (χ0) is 21.0. The smallest absolute Gasteiger partial charge is 0.354 e. The molecule has 0 spiro atoms. The van der Waals surface area contributed by atoms with Gasteiger partial charge in [0.15, 0.2) is 0 Å². The van der Waals surface area contributed by atoms with Gasteiger partial charge in [-0.05, 0) is 67.5 Å². The largest absolute Gasteiger partial charge is 0.417 e. The van der Waals surface area contributed by atoms with Crippen molar-refractivity contribution in [2.45, 2.75) is 51.6 Å². The maximum atomic E-state index is 13.4. The van der Waals surface area contributed by atoms with Gasteiger partial charge in [-0.1, -0.05) is 49.2 Å². The molecule has 29 heavy (non-hydrogen) atoms. The van der Waals surface area contributed by atoms with E-state index in [2.05, 4.69) is 18.0 Å². The Labute approximate surface area is 174 Å². The number of halogens is 4. The maximum Gasteiger partial charge on any atom is 0.417 e. The monoisotopic (exact) mass is 422 g/mol. The van der Waals surface area contributed by atoms with Gasteiger partial charge in [0.05, 0.1) is 10.6 Å². The van der Waals surface area contributed by atoms with Crippen LogP contribution in [0.3, 0.4) is 0 Å². The summed E-state index contributed by atoms with van der Waals surface area (Å²) >= 11 is 5.83. The van der Waals surface area contributed by atoms with Gasteiger partial charge in [0.1, 0.15) is 0 Å². The zero-order valence-corrected chi connectivity index (χ0v) is 17.3. The molecule has 6 heteroatoms. The van der Waals surface area contributed by atoms with E-state index in [9.17, 15) is 13.2 Å². The molecule has 156 valence electrons. The number of nitrogens with one attached hydrogen (secondary N) is 1. The van der Waals surface area contributed by atoms with E-state index in [1.807, 2.05) is 12.1 Å². The molecule has 2 aromatic carbocycles. The highest BCUT2D eigenvalue weighted by molar-refractivity contribution is 6.31. The van der Waals surface area contributed by atoms with E-state index in [4.69, 9.17) is 17.3 Å². The Morgan fingerprint density at radius 2 is 1.83 bits per heavy atom. The lowest BCUT2D eigenvalue weighted by atomic mass is 9.97. The van der Waals surface area contributed by atoms with Crippen LogP contribution in [0.25, 0.3) is 22.2 Å². The van der Waals surface area contributed by atoms with E-state index < -0.39 is 11.7 Å². The number of alkyl halides is 3. The molecule has 3 aromatic rings. The molecule has 0 unspecified atom stereocenters. The summed E-state index contributed by atoms with van der Waals surface area (Å²) in [5, 5.41) is 0.791. The second-order valence-corrected chi connectivity index (χ2v) is 7.77. The molecule has 0 aliphatic carbocycles. The zero-order valence-electron chi connectivity index (χ0n) is 16.5. The number of fused-ring (bicyclic) bond motifs is 1. The van der Waals surface area contributed by atoms with Gasteiger partial charge < -0.3 is 10.7 Å². The number of aromatic amines is 1. The van der Waals surface area contributed by atoms with Crippen molar-refractivity contribution >= 4 is 22.5 Å². The lowest BCUT2D eigenvalue weighted by Crippen LogP contribution is -2.06. The highest BCUT2D eigenvalue weighted by Gasteiger charge is 2.33. The van der Waals surface area contributed by atoms with E-state index in [1.165, 1.54) is 11.6 Å². The third-order valence-electron chi connectivity index (χ3n) is 5.27. The van der Waals surface area contributed by atoms with Crippen LogP contribution in [-0.2, 0) is 19.0 Å². The molecule has 2 nitrogen and oxygen atoms in total. The van der Waals surface area contributed by atoms with Gasteiger partial charge in [0.25, 0.3) is 0 Å². The second-order valence-electron chi connectivity index (χ2n) is 7.36. The summed E-state index contributed by atoms with van der Waals surface area (Å²) in [5.74, 6) is 0. The molecule has 0 atom stereocenters. The predicted molar refractivity (Wildman–Crippen MR) is 114 cm³/mol. The highest BCUT2D eigenvalue weighted by Crippen LogP contribution is 2.39. The molecule has 0 saturated heterocycles. The van der Waals surface area contributed by atoms with Gasteiger partial charge in [-0.25, -0.2) is 0 Å². The Morgan fingerprint density at radius 1 is 1.03 bits per heavy atom. The van der Waals surface area contributed by atoms with Crippen molar-refractivity contribution in [3.8, 4) is 11.3 Å². The summed E-state index contributed by atoms with van der Waals surface area (Å²) in [5.41, 5.74) is 9.33. The van der Waals surface area contributed by atoms with Crippen LogP contribution in [0.5, 0.6) is 0 Å². The lowest BCUT2D eigenvalue weighted by Gasteiger charge is -2.12. The fourth-order valence-corrected chi connectivity index (χ4v) is 3.98. The van der Waals surface area contributed by atoms with Crippen molar-refractivity contribution in [3.05, 3.63) is 58.1 Å². The highest BCUT2D eigenvalue weighted by atomic mass is 35.5. The summed E-state index contributed by atoms with van der Waals surface area (Å²) in [6, 6.07) is 10.3. The van der Waals surface area contributed by atoms with Gasteiger partial charge in [-0.3, -0.25) is 0 Å². The fraction of sp³-hybridized carbons (Fsp3) is 0.391. The van der Waals surface area contributed by atoms with Crippen LogP contribution in [-0.4, -0.2) is 11.5 Å². The Bertz CT molecular complexity index is 976. The molecule has 0 saturated carbocycles. The van der Waals surface area contributed by atoms with Crippen LogP contribution in [0.4, 0.5) is 13.2 Å². The Balaban J connectivity index is 2.16.